The van der Waals surface area contributed by atoms with Crippen molar-refractivity contribution in [2.24, 2.45) is 5.73 Å². The van der Waals surface area contributed by atoms with Crippen molar-refractivity contribution in [3.63, 3.8) is 0 Å². The lowest BCUT2D eigenvalue weighted by atomic mass is 10.1. The standard InChI is InChI=1S/C11H16N2O4/c1-16-10-6-5-9(13(14)15)8(4-3-7-12)11(10)17-2/h5-6H,3-4,7,12H2,1-2H3. The van der Waals surface area contributed by atoms with Crippen LogP contribution in [0, 0.1) is 10.1 Å². The van der Waals surface area contributed by atoms with Gasteiger partial charge in [-0.2, -0.15) is 0 Å². The van der Waals surface area contributed by atoms with Crippen LogP contribution in [0.3, 0.4) is 0 Å². The minimum Gasteiger partial charge on any atom is -0.493 e. The molecule has 0 heterocycles. The second-order valence-corrected chi connectivity index (χ2v) is 3.45. The average Bonchev–Trinajstić information content (AvgIpc) is 2.34. The SMILES string of the molecule is COc1ccc([N+](=O)[O-])c(CCCN)c1OC. The topological polar surface area (TPSA) is 87.6 Å². The average molecular weight is 240 g/mol. The van der Waals surface area contributed by atoms with Crippen LogP contribution in [0.25, 0.3) is 0 Å². The molecular formula is C11H16N2O4. The molecule has 0 amide bonds. The highest BCUT2D eigenvalue weighted by Crippen LogP contribution is 2.37. The Morgan fingerprint density at radius 2 is 2.06 bits per heavy atom. The highest BCUT2D eigenvalue weighted by atomic mass is 16.6. The van der Waals surface area contributed by atoms with Gasteiger partial charge in [0, 0.05) is 6.07 Å². The summed E-state index contributed by atoms with van der Waals surface area (Å²) >= 11 is 0. The van der Waals surface area contributed by atoms with E-state index in [0.717, 1.165) is 0 Å². The highest BCUT2D eigenvalue weighted by molar-refractivity contribution is 5.57. The van der Waals surface area contributed by atoms with Gasteiger partial charge in [0.15, 0.2) is 11.5 Å². The van der Waals surface area contributed by atoms with Crippen LogP contribution >= 0.6 is 0 Å². The summed E-state index contributed by atoms with van der Waals surface area (Å²) in [4.78, 5) is 10.5. The maximum Gasteiger partial charge on any atom is 0.276 e. The Labute approximate surface area is 99.5 Å². The molecule has 0 atom stereocenters. The lowest BCUT2D eigenvalue weighted by molar-refractivity contribution is -0.385. The molecular weight excluding hydrogens is 224 g/mol. The van der Waals surface area contributed by atoms with E-state index in [1.54, 1.807) is 0 Å². The summed E-state index contributed by atoms with van der Waals surface area (Å²) in [6, 6.07) is 2.95. The summed E-state index contributed by atoms with van der Waals surface area (Å²) in [5.74, 6) is 0.903. The second-order valence-electron chi connectivity index (χ2n) is 3.45. The van der Waals surface area contributed by atoms with Crippen molar-refractivity contribution in [2.75, 3.05) is 20.8 Å². The first-order chi connectivity index (χ1) is 8.15. The molecule has 0 bridgehead atoms. The fourth-order valence-electron chi connectivity index (χ4n) is 1.67. The first kappa shape index (κ1) is 13.2. The number of hydrogen-bond donors (Lipinski definition) is 1. The van der Waals surface area contributed by atoms with Gasteiger partial charge >= 0.3 is 0 Å². The van der Waals surface area contributed by atoms with E-state index in [9.17, 15) is 10.1 Å². The predicted octanol–water partition coefficient (Wildman–Crippen LogP) is 1.50. The van der Waals surface area contributed by atoms with Gasteiger partial charge < -0.3 is 15.2 Å². The molecule has 1 aromatic carbocycles. The van der Waals surface area contributed by atoms with Crippen LogP contribution in [0.5, 0.6) is 11.5 Å². The largest absolute Gasteiger partial charge is 0.493 e. The Kier molecular flexibility index (Phi) is 4.71. The van der Waals surface area contributed by atoms with Crippen LogP contribution in [0.15, 0.2) is 12.1 Å². The molecule has 2 N–H and O–H groups in total. The predicted molar refractivity (Wildman–Crippen MR) is 63.6 cm³/mol. The van der Waals surface area contributed by atoms with Gasteiger partial charge in [0.1, 0.15) is 0 Å². The highest BCUT2D eigenvalue weighted by Gasteiger charge is 2.21. The number of benzene rings is 1. The summed E-state index contributed by atoms with van der Waals surface area (Å²) < 4.78 is 10.3. The Morgan fingerprint density at radius 1 is 1.35 bits per heavy atom. The van der Waals surface area contributed by atoms with E-state index in [0.29, 0.717) is 36.4 Å². The molecule has 94 valence electrons. The monoisotopic (exact) mass is 240 g/mol. The van der Waals surface area contributed by atoms with Crippen LogP contribution in [0.4, 0.5) is 5.69 Å². The number of nitro groups is 1. The quantitative estimate of drug-likeness (QED) is 0.601. The van der Waals surface area contributed by atoms with Gasteiger partial charge in [-0.1, -0.05) is 0 Å². The molecule has 17 heavy (non-hydrogen) atoms. The van der Waals surface area contributed by atoms with Crippen LogP contribution < -0.4 is 15.2 Å². The summed E-state index contributed by atoms with van der Waals surface area (Å²) in [5, 5.41) is 10.9. The van der Waals surface area contributed by atoms with E-state index in [2.05, 4.69) is 0 Å². The Hall–Kier alpha value is -1.82. The van der Waals surface area contributed by atoms with E-state index in [-0.39, 0.29) is 5.69 Å². The first-order valence-corrected chi connectivity index (χ1v) is 5.24. The maximum absolute atomic E-state index is 10.9. The fourth-order valence-corrected chi connectivity index (χ4v) is 1.67. The lowest BCUT2D eigenvalue weighted by Gasteiger charge is -2.12. The fraction of sp³-hybridized carbons (Fsp3) is 0.455. The van der Waals surface area contributed by atoms with Crippen molar-refractivity contribution in [2.45, 2.75) is 12.8 Å². The third-order valence-electron chi connectivity index (χ3n) is 2.45. The van der Waals surface area contributed by atoms with Gasteiger partial charge in [-0.3, -0.25) is 10.1 Å². The van der Waals surface area contributed by atoms with Crippen molar-refractivity contribution < 1.29 is 14.4 Å². The smallest absolute Gasteiger partial charge is 0.276 e. The van der Waals surface area contributed by atoms with Gasteiger partial charge in [0.25, 0.3) is 5.69 Å². The molecule has 0 radical (unpaired) electrons. The number of nitrogens with zero attached hydrogens (tertiary/aromatic N) is 1. The van der Waals surface area contributed by atoms with Crippen molar-refractivity contribution in [1.29, 1.82) is 0 Å². The minimum absolute atomic E-state index is 0.0381. The van der Waals surface area contributed by atoms with Gasteiger partial charge in [-0.15, -0.1) is 0 Å². The number of rotatable bonds is 6. The summed E-state index contributed by atoms with van der Waals surface area (Å²) in [7, 11) is 2.96. The third-order valence-corrected chi connectivity index (χ3v) is 2.45. The zero-order valence-corrected chi connectivity index (χ0v) is 9.93. The minimum atomic E-state index is -0.423. The molecule has 0 saturated heterocycles. The number of hydrogen-bond acceptors (Lipinski definition) is 5. The van der Waals surface area contributed by atoms with Crippen LogP contribution in [-0.4, -0.2) is 25.7 Å². The summed E-state index contributed by atoms with van der Waals surface area (Å²) in [6.07, 6.45) is 1.15. The molecule has 0 aromatic heterocycles. The number of methoxy groups -OCH3 is 2. The molecule has 6 nitrogen and oxygen atoms in total. The van der Waals surface area contributed by atoms with Crippen molar-refractivity contribution in [3.05, 3.63) is 27.8 Å². The molecule has 1 aromatic rings. The zero-order chi connectivity index (χ0) is 12.8. The summed E-state index contributed by atoms with van der Waals surface area (Å²) in [5.41, 5.74) is 5.99. The van der Waals surface area contributed by atoms with Crippen molar-refractivity contribution >= 4 is 5.69 Å². The third kappa shape index (κ3) is 2.85. The molecule has 6 heteroatoms. The second kappa shape index (κ2) is 6.05. The Morgan fingerprint density at radius 3 is 2.53 bits per heavy atom. The molecule has 0 fully saturated rings. The number of nitrogens with two attached hydrogens (primary N) is 1. The maximum atomic E-state index is 10.9. The molecule has 0 unspecified atom stereocenters. The van der Waals surface area contributed by atoms with E-state index >= 15 is 0 Å². The Bertz CT molecular complexity index is 407. The molecule has 0 spiro atoms. The van der Waals surface area contributed by atoms with Gasteiger partial charge in [-0.25, -0.2) is 0 Å². The van der Waals surface area contributed by atoms with Gasteiger partial charge in [0.05, 0.1) is 24.7 Å². The van der Waals surface area contributed by atoms with E-state index in [1.165, 1.54) is 26.4 Å². The van der Waals surface area contributed by atoms with E-state index < -0.39 is 4.92 Å². The molecule has 0 saturated carbocycles. The van der Waals surface area contributed by atoms with Crippen molar-refractivity contribution in [3.8, 4) is 11.5 Å². The first-order valence-electron chi connectivity index (χ1n) is 5.24. The zero-order valence-electron chi connectivity index (χ0n) is 9.93. The normalized spacial score (nSPS) is 10.1. The van der Waals surface area contributed by atoms with Gasteiger partial charge in [0.2, 0.25) is 0 Å². The van der Waals surface area contributed by atoms with Crippen LogP contribution in [0.1, 0.15) is 12.0 Å². The van der Waals surface area contributed by atoms with Crippen LogP contribution in [-0.2, 0) is 6.42 Å². The number of nitro benzene ring substituents is 1. The van der Waals surface area contributed by atoms with Gasteiger partial charge in [-0.05, 0) is 25.5 Å². The van der Waals surface area contributed by atoms with Crippen LogP contribution in [0.2, 0.25) is 0 Å². The number of ether oxygens (including phenoxy) is 2. The lowest BCUT2D eigenvalue weighted by Crippen LogP contribution is -2.05. The van der Waals surface area contributed by atoms with Crippen molar-refractivity contribution in [1.82, 2.24) is 0 Å². The Balaban J connectivity index is 3.28. The molecule has 1 rings (SSSR count). The summed E-state index contributed by atoms with van der Waals surface area (Å²) in [6.45, 7) is 0.470. The van der Waals surface area contributed by atoms with E-state index in [1.807, 2.05) is 0 Å². The molecule has 0 aliphatic carbocycles. The van der Waals surface area contributed by atoms with E-state index in [4.69, 9.17) is 15.2 Å². The molecule has 0 aliphatic heterocycles. The molecule has 0 aliphatic rings.